The van der Waals surface area contributed by atoms with E-state index in [1.807, 2.05) is 27.0 Å². The van der Waals surface area contributed by atoms with Gasteiger partial charge >= 0.3 is 0 Å². The summed E-state index contributed by atoms with van der Waals surface area (Å²) in [6.45, 7) is 8.35. The summed E-state index contributed by atoms with van der Waals surface area (Å²) in [4.78, 5) is 10.4. The van der Waals surface area contributed by atoms with Gasteiger partial charge in [-0.2, -0.15) is 0 Å². The van der Waals surface area contributed by atoms with Crippen molar-refractivity contribution >= 4 is 5.82 Å². The van der Waals surface area contributed by atoms with Gasteiger partial charge in [-0.3, -0.25) is 0 Å². The molecule has 3 nitrogen and oxygen atoms in total. The molecule has 1 saturated heterocycles. The Morgan fingerprint density at radius 3 is 2.46 bits per heavy atom. The normalized spacial score (nSPS) is 14.2. The maximum absolute atomic E-state index is 4.22. The highest BCUT2D eigenvalue weighted by atomic mass is 15.2. The maximum atomic E-state index is 4.22. The largest absolute Gasteiger partial charge is 0.356 e. The van der Waals surface area contributed by atoms with E-state index in [9.17, 15) is 0 Å². The second-order valence-electron chi connectivity index (χ2n) is 2.87. The Kier molecular flexibility index (Phi) is 3.68. The highest BCUT2D eigenvalue weighted by molar-refractivity contribution is 5.46. The lowest BCUT2D eigenvalue weighted by Gasteiger charge is -2.32. The van der Waals surface area contributed by atoms with Crippen LogP contribution in [-0.4, -0.2) is 23.1 Å². The minimum atomic E-state index is 1.10. The van der Waals surface area contributed by atoms with Gasteiger partial charge in [0.25, 0.3) is 0 Å². The zero-order valence-electron chi connectivity index (χ0n) is 8.62. The van der Waals surface area contributed by atoms with Gasteiger partial charge in [0.15, 0.2) is 0 Å². The van der Waals surface area contributed by atoms with Crippen LogP contribution >= 0.6 is 0 Å². The molecule has 0 unspecified atom stereocenters. The standard InChI is InChI=1S/C8H11N3.C2H6/c1-7-5-9-6-10-8(7)11-3-2-4-11;1-2/h5-6H,2-4H2,1H3;1-2H3. The highest BCUT2D eigenvalue weighted by Gasteiger charge is 2.16. The Labute approximate surface area is 79.8 Å². The molecule has 0 aliphatic carbocycles. The lowest BCUT2D eigenvalue weighted by Crippen LogP contribution is -2.38. The van der Waals surface area contributed by atoms with Gasteiger partial charge in [-0.15, -0.1) is 0 Å². The summed E-state index contributed by atoms with van der Waals surface area (Å²) in [6.07, 6.45) is 4.77. The molecule has 0 aromatic carbocycles. The fourth-order valence-electron chi connectivity index (χ4n) is 1.25. The van der Waals surface area contributed by atoms with Crippen molar-refractivity contribution in [2.75, 3.05) is 18.0 Å². The van der Waals surface area contributed by atoms with E-state index in [0.29, 0.717) is 0 Å². The number of hydrogen-bond acceptors (Lipinski definition) is 3. The molecule has 0 bridgehead atoms. The summed E-state index contributed by atoms with van der Waals surface area (Å²) in [5.41, 5.74) is 1.17. The summed E-state index contributed by atoms with van der Waals surface area (Å²) in [6, 6.07) is 0. The van der Waals surface area contributed by atoms with E-state index in [1.54, 1.807) is 6.33 Å². The first-order valence-electron chi connectivity index (χ1n) is 4.89. The Bertz CT molecular complexity index is 256. The van der Waals surface area contributed by atoms with Crippen molar-refractivity contribution in [3.05, 3.63) is 18.1 Å². The molecule has 0 spiro atoms. The molecule has 0 atom stereocenters. The maximum Gasteiger partial charge on any atom is 0.134 e. The van der Waals surface area contributed by atoms with Crippen LogP contribution in [0.4, 0.5) is 5.82 Å². The molecule has 2 heterocycles. The predicted octanol–water partition coefficient (Wildman–Crippen LogP) is 2.02. The van der Waals surface area contributed by atoms with Gasteiger partial charge in [0.05, 0.1) is 0 Å². The van der Waals surface area contributed by atoms with Gasteiger partial charge in [-0.25, -0.2) is 9.97 Å². The Balaban J connectivity index is 0.000000396. The second kappa shape index (κ2) is 4.80. The summed E-state index contributed by atoms with van der Waals surface area (Å²) in [5.74, 6) is 1.10. The van der Waals surface area contributed by atoms with Crippen molar-refractivity contribution < 1.29 is 0 Å². The summed E-state index contributed by atoms with van der Waals surface area (Å²) < 4.78 is 0. The van der Waals surface area contributed by atoms with Gasteiger partial charge in [-0.05, 0) is 13.3 Å². The van der Waals surface area contributed by atoms with E-state index in [2.05, 4.69) is 14.9 Å². The molecular weight excluding hydrogens is 162 g/mol. The van der Waals surface area contributed by atoms with Crippen LogP contribution in [0.3, 0.4) is 0 Å². The molecule has 3 heteroatoms. The Morgan fingerprint density at radius 2 is 2.00 bits per heavy atom. The van der Waals surface area contributed by atoms with Crippen molar-refractivity contribution in [3.8, 4) is 0 Å². The van der Waals surface area contributed by atoms with Crippen LogP contribution in [0, 0.1) is 6.92 Å². The third-order valence-corrected chi connectivity index (χ3v) is 2.02. The van der Waals surface area contributed by atoms with Crippen LogP contribution in [0.1, 0.15) is 25.8 Å². The fourth-order valence-corrected chi connectivity index (χ4v) is 1.25. The molecule has 1 aliphatic heterocycles. The number of aromatic nitrogens is 2. The number of anilines is 1. The predicted molar refractivity (Wildman–Crippen MR) is 54.9 cm³/mol. The van der Waals surface area contributed by atoms with E-state index in [-0.39, 0.29) is 0 Å². The molecule has 72 valence electrons. The van der Waals surface area contributed by atoms with Crippen molar-refractivity contribution in [3.63, 3.8) is 0 Å². The molecule has 0 amide bonds. The monoisotopic (exact) mass is 179 g/mol. The Hall–Kier alpha value is -1.12. The average Bonchev–Trinajstić information content (AvgIpc) is 2.09. The van der Waals surface area contributed by atoms with Crippen LogP contribution < -0.4 is 4.90 Å². The van der Waals surface area contributed by atoms with Crippen LogP contribution in [0.5, 0.6) is 0 Å². The van der Waals surface area contributed by atoms with E-state index in [0.717, 1.165) is 18.9 Å². The smallest absolute Gasteiger partial charge is 0.134 e. The molecule has 1 aromatic heterocycles. The minimum absolute atomic E-state index is 1.10. The topological polar surface area (TPSA) is 29.0 Å². The summed E-state index contributed by atoms with van der Waals surface area (Å²) in [5, 5.41) is 0. The molecule has 1 aliphatic rings. The second-order valence-corrected chi connectivity index (χ2v) is 2.87. The molecular formula is C10H17N3. The van der Waals surface area contributed by atoms with E-state index < -0.39 is 0 Å². The lowest BCUT2D eigenvalue weighted by atomic mass is 10.2. The zero-order chi connectivity index (χ0) is 9.68. The van der Waals surface area contributed by atoms with Gasteiger partial charge < -0.3 is 4.90 Å². The van der Waals surface area contributed by atoms with Gasteiger partial charge in [0, 0.05) is 24.8 Å². The molecule has 1 fully saturated rings. The van der Waals surface area contributed by atoms with Crippen molar-refractivity contribution in [2.24, 2.45) is 0 Å². The number of aryl methyl sites for hydroxylation is 1. The van der Waals surface area contributed by atoms with Crippen LogP contribution in [-0.2, 0) is 0 Å². The first-order chi connectivity index (χ1) is 6.38. The lowest BCUT2D eigenvalue weighted by molar-refractivity contribution is 0.607. The number of rotatable bonds is 1. The molecule has 0 radical (unpaired) electrons. The summed E-state index contributed by atoms with van der Waals surface area (Å²) >= 11 is 0. The number of hydrogen-bond donors (Lipinski definition) is 0. The van der Waals surface area contributed by atoms with Crippen molar-refractivity contribution in [1.29, 1.82) is 0 Å². The molecule has 2 rings (SSSR count). The first kappa shape index (κ1) is 9.96. The Morgan fingerprint density at radius 1 is 1.31 bits per heavy atom. The highest BCUT2D eigenvalue weighted by Crippen LogP contribution is 2.19. The molecule has 0 saturated carbocycles. The van der Waals surface area contributed by atoms with Crippen LogP contribution in [0.15, 0.2) is 12.5 Å². The van der Waals surface area contributed by atoms with Gasteiger partial charge in [0.2, 0.25) is 0 Å². The van der Waals surface area contributed by atoms with E-state index >= 15 is 0 Å². The minimum Gasteiger partial charge on any atom is -0.356 e. The average molecular weight is 179 g/mol. The third kappa shape index (κ3) is 2.17. The summed E-state index contributed by atoms with van der Waals surface area (Å²) in [7, 11) is 0. The van der Waals surface area contributed by atoms with Crippen molar-refractivity contribution in [2.45, 2.75) is 27.2 Å². The number of nitrogens with zero attached hydrogens (tertiary/aromatic N) is 3. The quantitative estimate of drug-likeness (QED) is 0.660. The van der Waals surface area contributed by atoms with Gasteiger partial charge in [-0.1, -0.05) is 13.8 Å². The molecule has 13 heavy (non-hydrogen) atoms. The molecule has 1 aromatic rings. The van der Waals surface area contributed by atoms with E-state index in [1.165, 1.54) is 12.0 Å². The third-order valence-electron chi connectivity index (χ3n) is 2.02. The van der Waals surface area contributed by atoms with Crippen LogP contribution in [0.25, 0.3) is 0 Å². The van der Waals surface area contributed by atoms with Crippen LogP contribution in [0.2, 0.25) is 0 Å². The first-order valence-corrected chi connectivity index (χ1v) is 4.89. The fraction of sp³-hybridized carbons (Fsp3) is 0.600. The van der Waals surface area contributed by atoms with Crippen molar-refractivity contribution in [1.82, 2.24) is 9.97 Å². The zero-order valence-corrected chi connectivity index (χ0v) is 8.62. The molecule has 0 N–H and O–H groups in total. The van der Waals surface area contributed by atoms with E-state index in [4.69, 9.17) is 0 Å². The SMILES string of the molecule is CC.Cc1cncnc1N1CCC1. The van der Waals surface area contributed by atoms with Gasteiger partial charge in [0.1, 0.15) is 12.1 Å².